The molecule has 0 spiro atoms. The van der Waals surface area contributed by atoms with Crippen molar-refractivity contribution in [1.29, 1.82) is 0 Å². The Labute approximate surface area is 132 Å². The lowest BCUT2D eigenvalue weighted by Gasteiger charge is -2.19. The van der Waals surface area contributed by atoms with E-state index in [2.05, 4.69) is 0 Å². The van der Waals surface area contributed by atoms with E-state index >= 15 is 0 Å². The Kier molecular flexibility index (Phi) is 3.47. The molecule has 2 aromatic rings. The summed E-state index contributed by atoms with van der Waals surface area (Å²) in [6.45, 7) is 2.19. The second-order valence-corrected chi connectivity index (χ2v) is 5.76. The average Bonchev–Trinajstić information content (AvgIpc) is 2.67. The van der Waals surface area contributed by atoms with Crippen LogP contribution in [0.5, 0.6) is 0 Å². The molecule has 0 aliphatic carbocycles. The lowest BCUT2D eigenvalue weighted by Crippen LogP contribution is -2.29. The number of fused-ring (bicyclic) bond motifs is 1. The van der Waals surface area contributed by atoms with E-state index in [1.165, 1.54) is 11.0 Å². The molecule has 0 fully saturated rings. The number of hydrogen-bond donors (Lipinski definition) is 0. The van der Waals surface area contributed by atoms with Gasteiger partial charge in [-0.1, -0.05) is 35.3 Å². The first-order chi connectivity index (χ1) is 9.99. The highest BCUT2D eigenvalue weighted by Crippen LogP contribution is 2.33. The van der Waals surface area contributed by atoms with Gasteiger partial charge in [-0.05, 0) is 42.3 Å². The molecule has 21 heavy (non-hydrogen) atoms. The predicted molar refractivity (Wildman–Crippen MR) is 83.2 cm³/mol. The summed E-state index contributed by atoms with van der Waals surface area (Å²) in [5.74, 6) is -1.08. The van der Waals surface area contributed by atoms with Crippen molar-refractivity contribution in [1.82, 2.24) is 0 Å². The number of amides is 1. The largest absolute Gasteiger partial charge is 0.300 e. The van der Waals surface area contributed by atoms with Crippen LogP contribution in [-0.2, 0) is 11.3 Å². The molecule has 5 heteroatoms. The molecular weight excluding hydrogens is 309 g/mol. The van der Waals surface area contributed by atoms with E-state index in [1.54, 1.807) is 18.2 Å². The Hall–Kier alpha value is -1.84. The van der Waals surface area contributed by atoms with Gasteiger partial charge in [0.1, 0.15) is 0 Å². The SMILES string of the molecule is Cc1cccc(Cl)c1CN1C(=O)C(=O)c2cc(Cl)ccc21. The number of anilines is 1. The second kappa shape index (κ2) is 5.17. The smallest absolute Gasteiger partial charge is 0.299 e. The summed E-state index contributed by atoms with van der Waals surface area (Å²) >= 11 is 12.1. The van der Waals surface area contributed by atoms with Crippen molar-refractivity contribution in [3.05, 3.63) is 63.1 Å². The number of benzene rings is 2. The standard InChI is InChI=1S/C16H11Cl2NO2/c1-9-3-2-4-13(18)12(9)8-19-14-6-5-10(17)7-11(14)15(20)16(19)21/h2-7H,8H2,1H3. The van der Waals surface area contributed by atoms with E-state index < -0.39 is 11.7 Å². The van der Waals surface area contributed by atoms with E-state index in [4.69, 9.17) is 23.2 Å². The lowest BCUT2D eigenvalue weighted by atomic mass is 10.1. The molecular formula is C16H11Cl2NO2. The van der Waals surface area contributed by atoms with Crippen LogP contribution in [0, 0.1) is 6.92 Å². The number of carbonyl (C=O) groups is 2. The normalized spacial score (nSPS) is 13.8. The number of rotatable bonds is 2. The maximum absolute atomic E-state index is 12.2. The third kappa shape index (κ3) is 2.33. The molecule has 0 unspecified atom stereocenters. The maximum Gasteiger partial charge on any atom is 0.299 e. The van der Waals surface area contributed by atoms with E-state index in [9.17, 15) is 9.59 Å². The van der Waals surface area contributed by atoms with Gasteiger partial charge in [-0.25, -0.2) is 0 Å². The van der Waals surface area contributed by atoms with Gasteiger partial charge in [0.15, 0.2) is 0 Å². The minimum atomic E-state index is -0.549. The Morgan fingerprint density at radius 3 is 2.57 bits per heavy atom. The molecule has 2 aromatic carbocycles. The molecule has 1 heterocycles. The fourth-order valence-electron chi connectivity index (χ4n) is 2.45. The van der Waals surface area contributed by atoms with Crippen LogP contribution in [0.25, 0.3) is 0 Å². The molecule has 3 rings (SSSR count). The second-order valence-electron chi connectivity index (χ2n) is 4.92. The van der Waals surface area contributed by atoms with Crippen LogP contribution in [0.1, 0.15) is 21.5 Å². The number of Topliss-reactive ketones (excluding diaryl/α,β-unsaturated/α-hetero) is 1. The Morgan fingerprint density at radius 2 is 1.86 bits per heavy atom. The van der Waals surface area contributed by atoms with E-state index in [-0.39, 0.29) is 6.54 Å². The number of nitrogens with zero attached hydrogens (tertiary/aromatic N) is 1. The molecule has 0 radical (unpaired) electrons. The number of ketones is 1. The third-order valence-corrected chi connectivity index (χ3v) is 4.19. The fraction of sp³-hybridized carbons (Fsp3) is 0.125. The third-order valence-electron chi connectivity index (χ3n) is 3.60. The Bertz CT molecular complexity index is 751. The summed E-state index contributed by atoms with van der Waals surface area (Å²) in [5, 5.41) is 1.02. The van der Waals surface area contributed by atoms with Gasteiger partial charge >= 0.3 is 0 Å². The molecule has 0 aromatic heterocycles. The zero-order valence-electron chi connectivity index (χ0n) is 11.2. The van der Waals surface area contributed by atoms with E-state index in [0.29, 0.717) is 21.3 Å². The van der Waals surface area contributed by atoms with Gasteiger partial charge in [0.05, 0.1) is 17.8 Å². The monoisotopic (exact) mass is 319 g/mol. The van der Waals surface area contributed by atoms with Crippen molar-refractivity contribution in [2.45, 2.75) is 13.5 Å². The van der Waals surface area contributed by atoms with Crippen molar-refractivity contribution in [2.24, 2.45) is 0 Å². The Balaban J connectivity index is 2.05. The molecule has 0 saturated heterocycles. The summed E-state index contributed by atoms with van der Waals surface area (Å²) in [6.07, 6.45) is 0. The van der Waals surface area contributed by atoms with Gasteiger partial charge in [0.25, 0.3) is 11.7 Å². The van der Waals surface area contributed by atoms with E-state index in [1.807, 2.05) is 19.1 Å². The first kappa shape index (κ1) is 14.1. The fourth-order valence-corrected chi connectivity index (χ4v) is 2.91. The van der Waals surface area contributed by atoms with Gasteiger partial charge in [-0.15, -0.1) is 0 Å². The molecule has 0 atom stereocenters. The number of hydrogen-bond acceptors (Lipinski definition) is 2. The van der Waals surface area contributed by atoms with Crippen molar-refractivity contribution in [2.75, 3.05) is 4.90 Å². The van der Waals surface area contributed by atoms with Gasteiger partial charge < -0.3 is 4.90 Å². The highest BCUT2D eigenvalue weighted by atomic mass is 35.5. The van der Waals surface area contributed by atoms with Crippen molar-refractivity contribution in [3.8, 4) is 0 Å². The summed E-state index contributed by atoms with van der Waals surface area (Å²) in [6, 6.07) is 10.4. The summed E-state index contributed by atoms with van der Waals surface area (Å²) < 4.78 is 0. The van der Waals surface area contributed by atoms with Crippen LogP contribution in [0.4, 0.5) is 5.69 Å². The van der Waals surface area contributed by atoms with Crippen LogP contribution >= 0.6 is 23.2 Å². The van der Waals surface area contributed by atoms with Crippen molar-refractivity contribution in [3.63, 3.8) is 0 Å². The van der Waals surface area contributed by atoms with Crippen LogP contribution in [0.2, 0.25) is 10.0 Å². The number of halogens is 2. The number of carbonyl (C=O) groups excluding carboxylic acids is 2. The topological polar surface area (TPSA) is 37.4 Å². The molecule has 3 nitrogen and oxygen atoms in total. The van der Waals surface area contributed by atoms with Crippen LogP contribution in [0.3, 0.4) is 0 Å². The molecule has 1 aliphatic heterocycles. The van der Waals surface area contributed by atoms with Crippen LogP contribution in [-0.4, -0.2) is 11.7 Å². The Morgan fingerprint density at radius 1 is 1.10 bits per heavy atom. The highest BCUT2D eigenvalue weighted by molar-refractivity contribution is 6.52. The highest BCUT2D eigenvalue weighted by Gasteiger charge is 2.36. The number of aryl methyl sites for hydroxylation is 1. The van der Waals surface area contributed by atoms with Gasteiger partial charge in [-0.2, -0.15) is 0 Å². The minimum Gasteiger partial charge on any atom is -0.300 e. The van der Waals surface area contributed by atoms with Gasteiger partial charge in [-0.3, -0.25) is 9.59 Å². The zero-order valence-corrected chi connectivity index (χ0v) is 12.7. The van der Waals surface area contributed by atoms with E-state index in [0.717, 1.165) is 11.1 Å². The molecule has 1 aliphatic rings. The zero-order chi connectivity index (χ0) is 15.1. The van der Waals surface area contributed by atoms with Crippen LogP contribution in [0.15, 0.2) is 36.4 Å². The summed E-state index contributed by atoms with van der Waals surface area (Å²) in [7, 11) is 0. The molecule has 0 saturated carbocycles. The molecule has 1 amide bonds. The summed E-state index contributed by atoms with van der Waals surface area (Å²) in [4.78, 5) is 25.7. The minimum absolute atomic E-state index is 0.269. The summed E-state index contributed by atoms with van der Waals surface area (Å²) in [5.41, 5.74) is 2.74. The van der Waals surface area contributed by atoms with Gasteiger partial charge in [0.2, 0.25) is 0 Å². The first-order valence-electron chi connectivity index (χ1n) is 6.39. The first-order valence-corrected chi connectivity index (χ1v) is 7.14. The molecule has 0 bridgehead atoms. The molecule has 0 N–H and O–H groups in total. The average molecular weight is 320 g/mol. The lowest BCUT2D eigenvalue weighted by molar-refractivity contribution is -0.114. The van der Waals surface area contributed by atoms with Gasteiger partial charge in [0, 0.05) is 10.0 Å². The maximum atomic E-state index is 12.2. The predicted octanol–water partition coefficient (Wildman–Crippen LogP) is 4.03. The quantitative estimate of drug-likeness (QED) is 0.784. The van der Waals surface area contributed by atoms with Crippen molar-refractivity contribution >= 4 is 40.6 Å². The van der Waals surface area contributed by atoms with Crippen LogP contribution < -0.4 is 4.90 Å². The molecule has 106 valence electrons. The van der Waals surface area contributed by atoms with Crippen molar-refractivity contribution < 1.29 is 9.59 Å².